The summed E-state index contributed by atoms with van der Waals surface area (Å²) < 4.78 is 30.7. The van der Waals surface area contributed by atoms with Gasteiger partial charge < -0.3 is 13.9 Å². The molecule has 0 N–H and O–H groups in total. The van der Waals surface area contributed by atoms with E-state index in [4.69, 9.17) is 13.9 Å². The van der Waals surface area contributed by atoms with E-state index in [1.807, 2.05) is 13.0 Å². The van der Waals surface area contributed by atoms with E-state index in [9.17, 15) is 4.39 Å². The van der Waals surface area contributed by atoms with Crippen molar-refractivity contribution in [3.05, 3.63) is 54.6 Å². The van der Waals surface area contributed by atoms with Crippen LogP contribution in [0.3, 0.4) is 0 Å². The molecule has 0 saturated carbocycles. The van der Waals surface area contributed by atoms with Crippen LogP contribution in [0.4, 0.5) is 4.39 Å². The van der Waals surface area contributed by atoms with Crippen molar-refractivity contribution in [2.24, 2.45) is 0 Å². The number of rotatable bonds is 6. The predicted molar refractivity (Wildman–Crippen MR) is 95.1 cm³/mol. The van der Waals surface area contributed by atoms with Crippen molar-refractivity contribution in [2.75, 3.05) is 6.61 Å². The molecule has 0 aliphatic carbocycles. The Morgan fingerprint density at radius 2 is 1.96 bits per heavy atom. The van der Waals surface area contributed by atoms with Crippen molar-refractivity contribution in [1.29, 1.82) is 0 Å². The molecular weight excluding hydrogens is 351 g/mol. The minimum Gasteiger partial charge on any atom is -0.476 e. The Balaban J connectivity index is 1.78. The van der Waals surface area contributed by atoms with Gasteiger partial charge in [-0.25, -0.2) is 9.37 Å². The van der Waals surface area contributed by atoms with Gasteiger partial charge in [-0.3, -0.25) is 4.98 Å². The van der Waals surface area contributed by atoms with E-state index in [0.717, 1.165) is 6.42 Å². The van der Waals surface area contributed by atoms with E-state index in [2.05, 4.69) is 19.9 Å². The molecule has 7 nitrogen and oxygen atoms in total. The molecule has 0 aliphatic heterocycles. The third-order valence-corrected chi connectivity index (χ3v) is 3.60. The lowest BCUT2D eigenvalue weighted by atomic mass is 10.3. The lowest BCUT2D eigenvalue weighted by Crippen LogP contribution is -2.01. The summed E-state index contributed by atoms with van der Waals surface area (Å²) in [6.45, 7) is 2.40. The summed E-state index contributed by atoms with van der Waals surface area (Å²) in [7, 11) is 0. The number of para-hydroxylation sites is 1. The first-order valence-corrected chi connectivity index (χ1v) is 8.38. The molecule has 0 bridgehead atoms. The van der Waals surface area contributed by atoms with E-state index < -0.39 is 5.82 Å². The Morgan fingerprint density at radius 3 is 2.74 bits per heavy atom. The molecule has 27 heavy (non-hydrogen) atoms. The van der Waals surface area contributed by atoms with E-state index in [-0.39, 0.29) is 23.4 Å². The average molecular weight is 366 g/mol. The maximum absolute atomic E-state index is 13.9. The molecule has 0 saturated heterocycles. The second-order valence-electron chi connectivity index (χ2n) is 5.61. The predicted octanol–water partition coefficient (Wildman–Crippen LogP) is 4.40. The van der Waals surface area contributed by atoms with Gasteiger partial charge >= 0.3 is 6.01 Å². The Bertz CT molecular complexity index is 1070. The van der Waals surface area contributed by atoms with Crippen molar-refractivity contribution in [1.82, 2.24) is 19.9 Å². The van der Waals surface area contributed by atoms with E-state index >= 15 is 0 Å². The van der Waals surface area contributed by atoms with Gasteiger partial charge in [-0.2, -0.15) is 9.97 Å². The molecule has 0 fully saturated rings. The highest BCUT2D eigenvalue weighted by Crippen LogP contribution is 2.31. The quantitative estimate of drug-likeness (QED) is 0.500. The third-order valence-electron chi connectivity index (χ3n) is 3.60. The van der Waals surface area contributed by atoms with Gasteiger partial charge in [0.25, 0.3) is 11.6 Å². The largest absolute Gasteiger partial charge is 0.476 e. The molecule has 0 aliphatic rings. The standard InChI is InChI=1S/C19H15FN4O3/c1-2-10-25-17-15-18(27-16(22-15)12-6-5-9-21-11-12)24-19(23-17)26-14-8-4-3-7-13(14)20/h3-9,11H,2,10H2,1H3. The molecule has 0 radical (unpaired) electrons. The number of pyridine rings is 1. The molecule has 3 aromatic heterocycles. The van der Waals surface area contributed by atoms with Crippen molar-refractivity contribution >= 4 is 11.2 Å². The van der Waals surface area contributed by atoms with Crippen LogP contribution in [0.2, 0.25) is 0 Å². The molecule has 3 heterocycles. The number of halogens is 1. The number of benzene rings is 1. The number of nitrogens with zero attached hydrogens (tertiary/aromatic N) is 4. The first-order chi connectivity index (χ1) is 13.2. The Hall–Kier alpha value is -3.55. The minimum absolute atomic E-state index is 0.00490. The lowest BCUT2D eigenvalue weighted by Gasteiger charge is -2.07. The summed E-state index contributed by atoms with van der Waals surface area (Å²) in [5.74, 6) is 0.0278. The first-order valence-electron chi connectivity index (χ1n) is 8.38. The van der Waals surface area contributed by atoms with Gasteiger partial charge in [0.15, 0.2) is 17.1 Å². The van der Waals surface area contributed by atoms with Crippen LogP contribution in [-0.4, -0.2) is 26.5 Å². The summed E-state index contributed by atoms with van der Waals surface area (Å²) in [6, 6.07) is 9.49. The summed E-state index contributed by atoms with van der Waals surface area (Å²) >= 11 is 0. The zero-order chi connectivity index (χ0) is 18.6. The molecule has 8 heteroatoms. The monoisotopic (exact) mass is 366 g/mol. The van der Waals surface area contributed by atoms with Gasteiger partial charge in [-0.1, -0.05) is 19.1 Å². The fourth-order valence-corrected chi connectivity index (χ4v) is 2.36. The highest BCUT2D eigenvalue weighted by atomic mass is 19.1. The SMILES string of the molecule is CCCOc1nc(Oc2ccccc2F)nc2oc(-c3cccnc3)nc12. The van der Waals surface area contributed by atoms with Crippen LogP contribution in [0.15, 0.2) is 53.2 Å². The fourth-order valence-electron chi connectivity index (χ4n) is 2.36. The van der Waals surface area contributed by atoms with Crippen LogP contribution < -0.4 is 9.47 Å². The van der Waals surface area contributed by atoms with Crippen molar-refractivity contribution in [3.8, 4) is 29.1 Å². The second-order valence-corrected chi connectivity index (χ2v) is 5.61. The molecule has 4 aromatic rings. The molecule has 136 valence electrons. The van der Waals surface area contributed by atoms with Crippen LogP contribution in [0.1, 0.15) is 13.3 Å². The van der Waals surface area contributed by atoms with Gasteiger partial charge in [-0.05, 0) is 30.7 Å². The number of hydrogen-bond donors (Lipinski definition) is 0. The highest BCUT2D eigenvalue weighted by molar-refractivity contribution is 5.77. The highest BCUT2D eigenvalue weighted by Gasteiger charge is 2.19. The average Bonchev–Trinajstić information content (AvgIpc) is 3.13. The third kappa shape index (κ3) is 3.55. The molecule has 0 unspecified atom stereocenters. The fraction of sp³-hybridized carbons (Fsp3) is 0.158. The summed E-state index contributed by atoms with van der Waals surface area (Å²) in [5.41, 5.74) is 1.23. The van der Waals surface area contributed by atoms with E-state index in [1.165, 1.54) is 12.1 Å². The van der Waals surface area contributed by atoms with Crippen LogP contribution >= 0.6 is 0 Å². The van der Waals surface area contributed by atoms with E-state index in [1.54, 1.807) is 30.6 Å². The number of fused-ring (bicyclic) bond motifs is 1. The Labute approximate surface area is 153 Å². The smallest absolute Gasteiger partial charge is 0.328 e. The van der Waals surface area contributed by atoms with Gasteiger partial charge in [0.05, 0.1) is 12.2 Å². The summed E-state index contributed by atoms with van der Waals surface area (Å²) in [4.78, 5) is 16.9. The maximum atomic E-state index is 13.9. The van der Waals surface area contributed by atoms with Crippen molar-refractivity contribution in [3.63, 3.8) is 0 Å². The number of ether oxygens (including phenoxy) is 2. The maximum Gasteiger partial charge on any atom is 0.328 e. The number of oxazole rings is 1. The molecule has 0 spiro atoms. The van der Waals surface area contributed by atoms with Gasteiger partial charge in [0.2, 0.25) is 5.89 Å². The summed E-state index contributed by atoms with van der Waals surface area (Å²) in [5, 5.41) is 0. The van der Waals surface area contributed by atoms with Gasteiger partial charge in [-0.15, -0.1) is 0 Å². The van der Waals surface area contributed by atoms with E-state index in [0.29, 0.717) is 23.6 Å². The molecule has 4 rings (SSSR count). The van der Waals surface area contributed by atoms with Crippen molar-refractivity contribution < 1.29 is 18.3 Å². The molecular formula is C19H15FN4O3. The normalized spacial score (nSPS) is 10.9. The molecule has 0 amide bonds. The van der Waals surface area contributed by atoms with Crippen LogP contribution in [0.25, 0.3) is 22.7 Å². The second kappa shape index (κ2) is 7.36. The molecule has 1 aromatic carbocycles. The topological polar surface area (TPSA) is 83.2 Å². The van der Waals surface area contributed by atoms with Crippen LogP contribution in [0, 0.1) is 5.82 Å². The van der Waals surface area contributed by atoms with Gasteiger partial charge in [0.1, 0.15) is 0 Å². The van der Waals surface area contributed by atoms with Crippen LogP contribution in [-0.2, 0) is 0 Å². The first kappa shape index (κ1) is 16.9. The zero-order valence-electron chi connectivity index (χ0n) is 14.4. The van der Waals surface area contributed by atoms with Crippen LogP contribution in [0.5, 0.6) is 17.6 Å². The summed E-state index contributed by atoms with van der Waals surface area (Å²) in [6.07, 6.45) is 4.06. The minimum atomic E-state index is -0.522. The van der Waals surface area contributed by atoms with Gasteiger partial charge in [0, 0.05) is 12.4 Å². The molecule has 0 atom stereocenters. The lowest BCUT2D eigenvalue weighted by molar-refractivity contribution is 0.301. The Kier molecular flexibility index (Phi) is 4.61. The number of aromatic nitrogens is 4. The number of hydrogen-bond acceptors (Lipinski definition) is 7. The van der Waals surface area contributed by atoms with Crippen molar-refractivity contribution in [2.45, 2.75) is 13.3 Å². The Morgan fingerprint density at radius 1 is 1.07 bits per heavy atom. The zero-order valence-corrected chi connectivity index (χ0v) is 14.4.